The predicted molar refractivity (Wildman–Crippen MR) is 115 cm³/mol. The molecule has 0 bridgehead atoms. The van der Waals surface area contributed by atoms with Crippen molar-refractivity contribution in [1.82, 2.24) is 19.5 Å². The highest BCUT2D eigenvalue weighted by Crippen LogP contribution is 2.25. The zero-order valence-electron chi connectivity index (χ0n) is 14.4. The Morgan fingerprint density at radius 3 is 2.64 bits per heavy atom. The molecule has 0 aliphatic heterocycles. The fourth-order valence-electron chi connectivity index (χ4n) is 2.74. The summed E-state index contributed by atoms with van der Waals surface area (Å²) in [5.41, 5.74) is 2.82. The summed E-state index contributed by atoms with van der Waals surface area (Å²) in [7, 11) is 0. The molecule has 3 heterocycles. The standard InChI is InChI=1S/C19H14ClN5O.2ClH/c20-14-5-1-4-13(10-14)18-24-16-7-3-9-22-19(16)25(18)12-17(26)23-15-6-2-8-21-11-15;;/h1-11H,12H2,(H,23,26);2*1H. The second-order valence-corrected chi connectivity index (χ2v) is 6.10. The number of carbonyl (C=O) groups is 1. The number of imidazole rings is 1. The lowest BCUT2D eigenvalue weighted by Gasteiger charge is -2.09. The van der Waals surface area contributed by atoms with Crippen LogP contribution in [0.5, 0.6) is 0 Å². The quantitative estimate of drug-likeness (QED) is 0.506. The van der Waals surface area contributed by atoms with Crippen LogP contribution in [0, 0.1) is 0 Å². The molecular formula is C19H16Cl3N5O. The molecule has 0 aliphatic carbocycles. The van der Waals surface area contributed by atoms with Crippen molar-refractivity contribution >= 4 is 59.2 Å². The largest absolute Gasteiger partial charge is 0.323 e. The number of anilines is 1. The normalized spacial score (nSPS) is 10.0. The van der Waals surface area contributed by atoms with Gasteiger partial charge in [-0.2, -0.15) is 0 Å². The van der Waals surface area contributed by atoms with Gasteiger partial charge in [-0.15, -0.1) is 24.8 Å². The van der Waals surface area contributed by atoms with Gasteiger partial charge < -0.3 is 5.32 Å². The summed E-state index contributed by atoms with van der Waals surface area (Å²) in [6.45, 7) is 0.0737. The third-order valence-corrected chi connectivity index (χ3v) is 4.07. The van der Waals surface area contributed by atoms with E-state index in [4.69, 9.17) is 11.6 Å². The molecule has 6 nitrogen and oxygen atoms in total. The van der Waals surface area contributed by atoms with Gasteiger partial charge in [0, 0.05) is 23.0 Å². The first-order chi connectivity index (χ1) is 12.7. The van der Waals surface area contributed by atoms with Crippen molar-refractivity contribution in [2.24, 2.45) is 0 Å². The molecule has 0 saturated carbocycles. The van der Waals surface area contributed by atoms with Gasteiger partial charge >= 0.3 is 0 Å². The monoisotopic (exact) mass is 435 g/mol. The third-order valence-electron chi connectivity index (χ3n) is 3.83. The van der Waals surface area contributed by atoms with Crippen LogP contribution in [0.3, 0.4) is 0 Å². The van der Waals surface area contributed by atoms with Crippen molar-refractivity contribution in [3.05, 3.63) is 72.1 Å². The first kappa shape index (κ1) is 21.6. The van der Waals surface area contributed by atoms with Crippen LogP contribution in [0.15, 0.2) is 67.1 Å². The smallest absolute Gasteiger partial charge is 0.244 e. The Labute approximate surface area is 178 Å². The highest BCUT2D eigenvalue weighted by atomic mass is 35.5. The van der Waals surface area contributed by atoms with E-state index in [1.807, 2.05) is 30.3 Å². The second-order valence-electron chi connectivity index (χ2n) is 5.67. The Morgan fingerprint density at radius 1 is 1.07 bits per heavy atom. The average molecular weight is 437 g/mol. The van der Waals surface area contributed by atoms with Crippen molar-refractivity contribution in [3.63, 3.8) is 0 Å². The van der Waals surface area contributed by atoms with Crippen LogP contribution < -0.4 is 5.32 Å². The Hall–Kier alpha value is -2.67. The van der Waals surface area contributed by atoms with Crippen molar-refractivity contribution in [3.8, 4) is 11.4 Å². The Balaban J connectivity index is 0.00000140. The fraction of sp³-hybridized carbons (Fsp3) is 0.0526. The molecule has 0 radical (unpaired) electrons. The number of nitrogens with one attached hydrogen (secondary N) is 1. The lowest BCUT2D eigenvalue weighted by atomic mass is 10.2. The molecule has 0 fully saturated rings. The topological polar surface area (TPSA) is 72.7 Å². The summed E-state index contributed by atoms with van der Waals surface area (Å²) in [6, 6.07) is 14.6. The van der Waals surface area contributed by atoms with Gasteiger partial charge in [0.1, 0.15) is 17.9 Å². The number of pyridine rings is 2. The molecular weight excluding hydrogens is 421 g/mol. The fourth-order valence-corrected chi connectivity index (χ4v) is 2.93. The maximum atomic E-state index is 12.5. The van der Waals surface area contributed by atoms with Gasteiger partial charge in [0.25, 0.3) is 0 Å². The number of rotatable bonds is 4. The Morgan fingerprint density at radius 2 is 1.89 bits per heavy atom. The van der Waals surface area contributed by atoms with Crippen LogP contribution in [-0.4, -0.2) is 25.4 Å². The number of benzene rings is 1. The number of amides is 1. The van der Waals surface area contributed by atoms with Crippen molar-refractivity contribution in [2.75, 3.05) is 5.32 Å². The molecule has 28 heavy (non-hydrogen) atoms. The van der Waals surface area contributed by atoms with Gasteiger partial charge in [-0.1, -0.05) is 23.7 Å². The van der Waals surface area contributed by atoms with Gasteiger partial charge in [0.15, 0.2) is 5.65 Å². The molecule has 1 amide bonds. The van der Waals surface area contributed by atoms with E-state index in [2.05, 4.69) is 20.3 Å². The Kier molecular flexibility index (Phi) is 7.34. The molecule has 1 aromatic carbocycles. The number of nitrogens with zero attached hydrogens (tertiary/aromatic N) is 4. The molecule has 4 aromatic rings. The minimum absolute atomic E-state index is 0. The van der Waals surface area contributed by atoms with Gasteiger partial charge in [-0.05, 0) is 36.4 Å². The maximum absolute atomic E-state index is 12.5. The molecule has 3 aromatic heterocycles. The summed E-state index contributed by atoms with van der Waals surface area (Å²) >= 11 is 6.12. The highest BCUT2D eigenvalue weighted by Gasteiger charge is 2.16. The summed E-state index contributed by atoms with van der Waals surface area (Å²) in [4.78, 5) is 25.5. The zero-order valence-corrected chi connectivity index (χ0v) is 16.8. The summed E-state index contributed by atoms with van der Waals surface area (Å²) in [5.74, 6) is 0.453. The van der Waals surface area contributed by atoms with E-state index in [0.29, 0.717) is 22.2 Å². The predicted octanol–water partition coefficient (Wildman–Crippen LogP) is 4.63. The van der Waals surface area contributed by atoms with E-state index >= 15 is 0 Å². The van der Waals surface area contributed by atoms with E-state index in [1.54, 1.807) is 41.4 Å². The second kappa shape index (κ2) is 9.50. The van der Waals surface area contributed by atoms with Crippen LogP contribution >= 0.6 is 36.4 Å². The van der Waals surface area contributed by atoms with Crippen LogP contribution in [0.1, 0.15) is 0 Å². The van der Waals surface area contributed by atoms with Crippen LogP contribution in [0.25, 0.3) is 22.6 Å². The molecule has 4 rings (SSSR count). The minimum atomic E-state index is -0.189. The van der Waals surface area contributed by atoms with Gasteiger partial charge in [0.2, 0.25) is 5.91 Å². The lowest BCUT2D eigenvalue weighted by molar-refractivity contribution is -0.116. The SMILES string of the molecule is Cl.Cl.O=C(Cn1c(-c2cccc(Cl)c2)nc2cccnc21)Nc1cccnc1. The number of aromatic nitrogens is 4. The molecule has 0 atom stereocenters. The lowest BCUT2D eigenvalue weighted by Crippen LogP contribution is -2.19. The molecule has 0 aliphatic rings. The first-order valence-electron chi connectivity index (χ1n) is 7.98. The number of fused-ring (bicyclic) bond motifs is 1. The summed E-state index contributed by atoms with van der Waals surface area (Å²) in [6.07, 6.45) is 4.93. The molecule has 0 saturated heterocycles. The highest BCUT2D eigenvalue weighted by molar-refractivity contribution is 6.30. The van der Waals surface area contributed by atoms with Crippen molar-refractivity contribution in [2.45, 2.75) is 6.54 Å². The third kappa shape index (κ3) is 4.59. The maximum Gasteiger partial charge on any atom is 0.244 e. The zero-order chi connectivity index (χ0) is 17.9. The first-order valence-corrected chi connectivity index (χ1v) is 8.35. The molecule has 144 valence electrons. The van der Waals surface area contributed by atoms with Crippen LogP contribution in [-0.2, 0) is 11.3 Å². The molecule has 0 unspecified atom stereocenters. The molecule has 0 spiro atoms. The Bertz CT molecular complexity index is 1090. The van der Waals surface area contributed by atoms with Gasteiger partial charge in [-0.25, -0.2) is 9.97 Å². The van der Waals surface area contributed by atoms with E-state index in [0.717, 1.165) is 11.1 Å². The number of halogens is 3. The van der Waals surface area contributed by atoms with E-state index in [9.17, 15) is 4.79 Å². The summed E-state index contributed by atoms with van der Waals surface area (Å²) < 4.78 is 1.78. The average Bonchev–Trinajstić information content (AvgIpc) is 3.01. The van der Waals surface area contributed by atoms with Crippen LogP contribution in [0.2, 0.25) is 5.02 Å². The van der Waals surface area contributed by atoms with Gasteiger partial charge in [-0.3, -0.25) is 14.3 Å². The van der Waals surface area contributed by atoms with Crippen molar-refractivity contribution in [1.29, 1.82) is 0 Å². The molecule has 9 heteroatoms. The minimum Gasteiger partial charge on any atom is -0.323 e. The van der Waals surface area contributed by atoms with Crippen molar-refractivity contribution < 1.29 is 4.79 Å². The van der Waals surface area contributed by atoms with E-state index in [1.165, 1.54) is 0 Å². The van der Waals surface area contributed by atoms with Crippen LogP contribution in [0.4, 0.5) is 5.69 Å². The molecule has 1 N–H and O–H groups in total. The summed E-state index contributed by atoms with van der Waals surface area (Å²) in [5, 5.41) is 3.44. The van der Waals surface area contributed by atoms with Gasteiger partial charge in [0.05, 0.1) is 11.9 Å². The van der Waals surface area contributed by atoms with E-state index < -0.39 is 0 Å². The number of carbonyl (C=O) groups excluding carboxylic acids is 1. The number of hydrogen-bond acceptors (Lipinski definition) is 4. The van der Waals surface area contributed by atoms with E-state index in [-0.39, 0.29) is 37.3 Å². The number of hydrogen-bond donors (Lipinski definition) is 1.